The Morgan fingerprint density at radius 1 is 1.28 bits per heavy atom. The summed E-state index contributed by atoms with van der Waals surface area (Å²) in [5.74, 6) is 1.46. The number of nitrogens with zero attached hydrogens (tertiary/aromatic N) is 3. The molecule has 0 spiro atoms. The third-order valence-corrected chi connectivity index (χ3v) is 3.81. The lowest BCUT2D eigenvalue weighted by atomic mass is 10.2. The van der Waals surface area contributed by atoms with E-state index in [0.29, 0.717) is 41.2 Å². The van der Waals surface area contributed by atoms with Crippen LogP contribution in [0.25, 0.3) is 0 Å². The summed E-state index contributed by atoms with van der Waals surface area (Å²) in [6.45, 7) is 5.17. The summed E-state index contributed by atoms with van der Waals surface area (Å²) in [6.07, 6.45) is 1.61. The molecule has 1 heterocycles. The molecule has 2 rings (SSSR count). The van der Waals surface area contributed by atoms with Crippen LogP contribution in [0.3, 0.4) is 0 Å². The lowest BCUT2D eigenvalue weighted by molar-refractivity contribution is 0.164. The Morgan fingerprint density at radius 2 is 2.00 bits per heavy atom. The summed E-state index contributed by atoms with van der Waals surface area (Å²) in [5.41, 5.74) is 0.700. The van der Waals surface area contributed by atoms with E-state index in [9.17, 15) is 5.21 Å². The molecule has 1 N–H and O–H groups in total. The van der Waals surface area contributed by atoms with E-state index in [-0.39, 0.29) is 6.04 Å². The highest BCUT2D eigenvalue weighted by Crippen LogP contribution is 2.22. The van der Waals surface area contributed by atoms with E-state index in [0.717, 1.165) is 0 Å². The van der Waals surface area contributed by atoms with Gasteiger partial charge in [-0.3, -0.25) is 0 Å². The van der Waals surface area contributed by atoms with Crippen molar-refractivity contribution in [1.82, 2.24) is 9.88 Å². The molecular formula is C18H22ClN3O3. The Balaban J connectivity index is 2.23. The van der Waals surface area contributed by atoms with Gasteiger partial charge in [-0.05, 0) is 44.2 Å². The van der Waals surface area contributed by atoms with Crippen LogP contribution < -0.4 is 4.74 Å². The first kappa shape index (κ1) is 19.0. The first-order chi connectivity index (χ1) is 12.0. The lowest BCUT2D eigenvalue weighted by Gasteiger charge is -2.29. The maximum Gasteiger partial charge on any atom is 0.219 e. The number of methoxy groups -OCH3 is 1. The number of halogens is 1. The zero-order valence-corrected chi connectivity index (χ0v) is 15.3. The van der Waals surface area contributed by atoms with Crippen LogP contribution in [-0.4, -0.2) is 47.2 Å². The average molecular weight is 364 g/mol. The molecule has 1 aromatic carbocycles. The summed E-state index contributed by atoms with van der Waals surface area (Å²) >= 11 is 5.88. The monoisotopic (exact) mass is 363 g/mol. The van der Waals surface area contributed by atoms with Crippen LogP contribution in [0.1, 0.15) is 19.4 Å². The molecule has 0 saturated carbocycles. The molecule has 0 fully saturated rings. The highest BCUT2D eigenvalue weighted by molar-refractivity contribution is 6.30. The fourth-order valence-electron chi connectivity index (χ4n) is 2.31. The van der Waals surface area contributed by atoms with Gasteiger partial charge in [0.15, 0.2) is 5.84 Å². The van der Waals surface area contributed by atoms with Crippen molar-refractivity contribution in [2.75, 3.05) is 20.3 Å². The van der Waals surface area contributed by atoms with E-state index < -0.39 is 0 Å². The van der Waals surface area contributed by atoms with Crippen molar-refractivity contribution in [3.05, 3.63) is 53.2 Å². The number of benzene rings is 1. The zero-order chi connectivity index (χ0) is 18.2. The molecule has 0 aliphatic heterocycles. The number of pyridine rings is 1. The lowest BCUT2D eigenvalue weighted by Crippen LogP contribution is -2.39. The number of oxime groups is 1. The van der Waals surface area contributed by atoms with E-state index in [1.54, 1.807) is 49.7 Å². The smallest absolute Gasteiger partial charge is 0.219 e. The van der Waals surface area contributed by atoms with Gasteiger partial charge >= 0.3 is 0 Å². The summed E-state index contributed by atoms with van der Waals surface area (Å²) in [7, 11) is 1.64. The second kappa shape index (κ2) is 9.25. The molecule has 0 atom stereocenters. The number of amidine groups is 1. The summed E-state index contributed by atoms with van der Waals surface area (Å²) in [5, 5.41) is 13.7. The van der Waals surface area contributed by atoms with Gasteiger partial charge in [0.05, 0.1) is 6.61 Å². The highest BCUT2D eigenvalue weighted by atomic mass is 35.5. The number of hydrogen-bond acceptors (Lipinski definition) is 5. The van der Waals surface area contributed by atoms with Crippen molar-refractivity contribution in [3.63, 3.8) is 0 Å². The average Bonchev–Trinajstić information content (AvgIpc) is 2.60. The van der Waals surface area contributed by atoms with E-state index >= 15 is 0 Å². The van der Waals surface area contributed by atoms with Crippen molar-refractivity contribution in [3.8, 4) is 11.6 Å². The quantitative estimate of drug-likeness (QED) is 0.348. The van der Waals surface area contributed by atoms with Gasteiger partial charge in [0.2, 0.25) is 5.88 Å². The van der Waals surface area contributed by atoms with Crippen LogP contribution in [0.4, 0.5) is 0 Å². The van der Waals surface area contributed by atoms with Gasteiger partial charge in [0.1, 0.15) is 5.75 Å². The molecule has 25 heavy (non-hydrogen) atoms. The SMILES string of the molecule is COCCN(/C(=N\O)c1ccnc(Oc2ccc(Cl)cc2)c1)C(C)C. The topological polar surface area (TPSA) is 67.2 Å². The fraction of sp³-hybridized carbons (Fsp3) is 0.333. The Hall–Kier alpha value is -2.31. The van der Waals surface area contributed by atoms with E-state index in [2.05, 4.69) is 10.1 Å². The van der Waals surface area contributed by atoms with Gasteiger partial charge in [0.25, 0.3) is 0 Å². The number of rotatable bonds is 7. The van der Waals surface area contributed by atoms with E-state index in [1.165, 1.54) is 0 Å². The Morgan fingerprint density at radius 3 is 2.60 bits per heavy atom. The minimum absolute atomic E-state index is 0.134. The molecule has 0 aliphatic rings. The van der Waals surface area contributed by atoms with Crippen molar-refractivity contribution < 1.29 is 14.7 Å². The van der Waals surface area contributed by atoms with Crippen molar-refractivity contribution in [2.45, 2.75) is 19.9 Å². The van der Waals surface area contributed by atoms with Crippen molar-refractivity contribution >= 4 is 17.4 Å². The molecular weight excluding hydrogens is 342 g/mol. The summed E-state index contributed by atoms with van der Waals surface area (Å²) in [6, 6.07) is 10.6. The highest BCUT2D eigenvalue weighted by Gasteiger charge is 2.18. The predicted octanol–water partition coefficient (Wildman–Crippen LogP) is 4.02. The van der Waals surface area contributed by atoms with Gasteiger partial charge in [-0.15, -0.1) is 0 Å². The Kier molecular flexibility index (Phi) is 7.03. The van der Waals surface area contributed by atoms with Crippen LogP contribution in [0.5, 0.6) is 11.6 Å². The zero-order valence-electron chi connectivity index (χ0n) is 14.5. The third-order valence-electron chi connectivity index (χ3n) is 3.56. The second-order valence-electron chi connectivity index (χ2n) is 5.64. The third kappa shape index (κ3) is 5.34. The normalized spacial score (nSPS) is 11.6. The maximum atomic E-state index is 9.54. The molecule has 0 unspecified atom stereocenters. The molecule has 0 amide bonds. The molecule has 0 aliphatic carbocycles. The van der Waals surface area contributed by atoms with Gasteiger partial charge < -0.3 is 19.6 Å². The van der Waals surface area contributed by atoms with Crippen LogP contribution in [0.2, 0.25) is 5.02 Å². The van der Waals surface area contributed by atoms with E-state index in [1.807, 2.05) is 18.7 Å². The molecule has 7 heteroatoms. The van der Waals surface area contributed by atoms with Crippen molar-refractivity contribution in [1.29, 1.82) is 0 Å². The number of ether oxygens (including phenoxy) is 2. The largest absolute Gasteiger partial charge is 0.439 e. The van der Waals surface area contributed by atoms with Crippen LogP contribution >= 0.6 is 11.6 Å². The molecule has 6 nitrogen and oxygen atoms in total. The summed E-state index contributed by atoms with van der Waals surface area (Å²) in [4.78, 5) is 6.15. The first-order valence-corrected chi connectivity index (χ1v) is 8.30. The predicted molar refractivity (Wildman–Crippen MR) is 97.8 cm³/mol. The van der Waals surface area contributed by atoms with E-state index in [4.69, 9.17) is 21.1 Å². The fourth-order valence-corrected chi connectivity index (χ4v) is 2.43. The standard InChI is InChI=1S/C18H22ClN3O3/c1-13(2)22(10-11-24-3)18(21-23)14-8-9-20-17(12-14)25-16-6-4-15(19)5-7-16/h4-9,12-13,23H,10-11H2,1-3H3/b21-18-. The molecule has 0 bridgehead atoms. The van der Waals surface area contributed by atoms with Crippen molar-refractivity contribution in [2.24, 2.45) is 5.16 Å². The van der Waals surface area contributed by atoms with Gasteiger partial charge in [0, 0.05) is 42.5 Å². The van der Waals surface area contributed by atoms with Gasteiger partial charge in [-0.2, -0.15) is 0 Å². The number of aromatic nitrogens is 1. The van der Waals surface area contributed by atoms with Gasteiger partial charge in [-0.25, -0.2) is 4.98 Å². The molecule has 2 aromatic rings. The Labute approximate surface area is 152 Å². The molecule has 134 valence electrons. The van der Waals surface area contributed by atoms with Crippen LogP contribution in [0.15, 0.2) is 47.8 Å². The molecule has 0 saturated heterocycles. The Bertz CT molecular complexity index is 705. The maximum absolute atomic E-state index is 9.54. The van der Waals surface area contributed by atoms with Gasteiger partial charge in [-0.1, -0.05) is 16.8 Å². The minimum Gasteiger partial charge on any atom is -0.439 e. The number of hydrogen-bond donors (Lipinski definition) is 1. The van der Waals surface area contributed by atoms with Crippen LogP contribution in [-0.2, 0) is 4.74 Å². The van der Waals surface area contributed by atoms with Crippen LogP contribution in [0, 0.1) is 0 Å². The first-order valence-electron chi connectivity index (χ1n) is 7.92. The second-order valence-corrected chi connectivity index (χ2v) is 6.08. The molecule has 0 radical (unpaired) electrons. The summed E-state index contributed by atoms with van der Waals surface area (Å²) < 4.78 is 10.9. The molecule has 1 aromatic heterocycles. The minimum atomic E-state index is 0.134.